The number of anilines is 1. The van der Waals surface area contributed by atoms with Gasteiger partial charge in [0, 0.05) is 37.9 Å². The second-order valence-corrected chi connectivity index (χ2v) is 4.27. The predicted octanol–water partition coefficient (Wildman–Crippen LogP) is 1.24. The van der Waals surface area contributed by atoms with Crippen LogP contribution in [-0.4, -0.2) is 42.2 Å². The third-order valence-electron chi connectivity index (χ3n) is 2.92. The number of nitrogens with zero attached hydrogens (tertiary/aromatic N) is 3. The van der Waals surface area contributed by atoms with Crippen LogP contribution in [0.3, 0.4) is 0 Å². The van der Waals surface area contributed by atoms with Gasteiger partial charge in [0.15, 0.2) is 6.10 Å². The van der Waals surface area contributed by atoms with Crippen molar-refractivity contribution in [3.8, 4) is 6.07 Å². The largest absolute Gasteiger partial charge is 0.370 e. The van der Waals surface area contributed by atoms with E-state index in [0.717, 1.165) is 31.0 Å². The summed E-state index contributed by atoms with van der Waals surface area (Å²) < 4.78 is 5.34. The van der Waals surface area contributed by atoms with Crippen molar-refractivity contribution in [2.45, 2.75) is 19.6 Å². The maximum atomic E-state index is 8.89. The van der Waals surface area contributed by atoms with E-state index in [9.17, 15) is 0 Å². The zero-order valence-corrected chi connectivity index (χ0v) is 10.6. The Morgan fingerprint density at radius 1 is 1.67 bits per heavy atom. The Morgan fingerprint density at radius 3 is 3.33 bits per heavy atom. The molecular weight excluding hydrogens is 228 g/mol. The van der Waals surface area contributed by atoms with E-state index in [1.807, 2.05) is 6.07 Å². The highest BCUT2D eigenvalue weighted by Gasteiger charge is 2.20. The Labute approximate surface area is 107 Å². The van der Waals surface area contributed by atoms with E-state index in [0.29, 0.717) is 13.2 Å². The van der Waals surface area contributed by atoms with Crippen molar-refractivity contribution >= 4 is 5.82 Å². The molecule has 0 saturated carbocycles. The van der Waals surface area contributed by atoms with Crippen molar-refractivity contribution in [2.75, 3.05) is 31.6 Å². The first kappa shape index (κ1) is 12.8. The molecule has 1 N–H and O–H groups in total. The average molecular weight is 246 g/mol. The molecule has 1 saturated heterocycles. The molecule has 0 aromatic carbocycles. The minimum absolute atomic E-state index is 0.307. The number of hydrogen-bond acceptors (Lipinski definition) is 5. The third-order valence-corrected chi connectivity index (χ3v) is 2.92. The zero-order chi connectivity index (χ0) is 12.8. The van der Waals surface area contributed by atoms with Crippen LogP contribution in [0, 0.1) is 11.3 Å². The van der Waals surface area contributed by atoms with Crippen LogP contribution >= 0.6 is 0 Å². The predicted molar refractivity (Wildman–Crippen MR) is 69.0 cm³/mol. The van der Waals surface area contributed by atoms with Gasteiger partial charge in [-0.2, -0.15) is 5.26 Å². The summed E-state index contributed by atoms with van der Waals surface area (Å²) in [6, 6.07) is 6.18. The summed E-state index contributed by atoms with van der Waals surface area (Å²) in [5.41, 5.74) is 1.16. The van der Waals surface area contributed by atoms with Gasteiger partial charge < -0.3 is 10.1 Å². The molecule has 1 unspecified atom stereocenters. The topological polar surface area (TPSA) is 61.2 Å². The Bertz CT molecular complexity index is 429. The summed E-state index contributed by atoms with van der Waals surface area (Å²) >= 11 is 0. The maximum absolute atomic E-state index is 8.89. The van der Waals surface area contributed by atoms with Crippen molar-refractivity contribution < 1.29 is 4.74 Å². The molecule has 1 aromatic heterocycles. The van der Waals surface area contributed by atoms with Gasteiger partial charge in [-0.25, -0.2) is 4.98 Å². The molecule has 0 radical (unpaired) electrons. The number of morpholine rings is 1. The van der Waals surface area contributed by atoms with E-state index in [1.165, 1.54) is 0 Å². The van der Waals surface area contributed by atoms with Gasteiger partial charge in [-0.05, 0) is 13.0 Å². The molecule has 0 amide bonds. The molecule has 2 heterocycles. The molecule has 18 heavy (non-hydrogen) atoms. The number of nitrogens with one attached hydrogen (secondary N) is 1. The minimum atomic E-state index is -0.307. The van der Waals surface area contributed by atoms with Crippen LogP contribution in [0.2, 0.25) is 0 Å². The van der Waals surface area contributed by atoms with E-state index in [1.54, 1.807) is 6.20 Å². The van der Waals surface area contributed by atoms with E-state index in [4.69, 9.17) is 10.00 Å². The Hall–Kier alpha value is -1.64. The highest BCUT2D eigenvalue weighted by atomic mass is 16.5. The first-order valence-electron chi connectivity index (χ1n) is 6.24. The quantitative estimate of drug-likeness (QED) is 0.866. The van der Waals surface area contributed by atoms with Crippen LogP contribution in [-0.2, 0) is 11.3 Å². The number of pyridine rings is 1. The molecule has 1 aliphatic heterocycles. The first-order valence-corrected chi connectivity index (χ1v) is 6.24. The second-order valence-electron chi connectivity index (χ2n) is 4.27. The van der Waals surface area contributed by atoms with Crippen molar-refractivity contribution in [2.24, 2.45) is 0 Å². The van der Waals surface area contributed by atoms with Gasteiger partial charge in [-0.3, -0.25) is 4.90 Å². The van der Waals surface area contributed by atoms with Gasteiger partial charge in [-0.1, -0.05) is 6.07 Å². The average Bonchev–Trinajstić information content (AvgIpc) is 2.41. The fourth-order valence-corrected chi connectivity index (χ4v) is 2.06. The van der Waals surface area contributed by atoms with Crippen LogP contribution in [0.1, 0.15) is 12.5 Å². The molecule has 1 atom stereocenters. The van der Waals surface area contributed by atoms with E-state index < -0.39 is 0 Å². The first-order chi connectivity index (χ1) is 8.83. The van der Waals surface area contributed by atoms with E-state index in [2.05, 4.69) is 34.3 Å². The summed E-state index contributed by atoms with van der Waals surface area (Å²) in [4.78, 5) is 6.57. The highest BCUT2D eigenvalue weighted by Crippen LogP contribution is 2.16. The molecule has 96 valence electrons. The summed E-state index contributed by atoms with van der Waals surface area (Å²) in [5, 5.41) is 12.1. The number of aromatic nitrogens is 1. The monoisotopic (exact) mass is 246 g/mol. The fraction of sp³-hybridized carbons (Fsp3) is 0.538. The number of rotatable bonds is 4. The van der Waals surface area contributed by atoms with Gasteiger partial charge in [-0.15, -0.1) is 0 Å². The second kappa shape index (κ2) is 6.34. The lowest BCUT2D eigenvalue weighted by molar-refractivity contribution is -0.00265. The van der Waals surface area contributed by atoms with E-state index in [-0.39, 0.29) is 6.10 Å². The molecule has 1 fully saturated rings. The molecule has 0 spiro atoms. The summed E-state index contributed by atoms with van der Waals surface area (Å²) in [6.07, 6.45) is 1.48. The van der Waals surface area contributed by atoms with Crippen LogP contribution in [0.15, 0.2) is 18.3 Å². The molecular formula is C13H18N4O. The van der Waals surface area contributed by atoms with Gasteiger partial charge in [0.1, 0.15) is 5.82 Å². The molecule has 2 rings (SSSR count). The molecule has 5 heteroatoms. The SMILES string of the molecule is CCNc1ncccc1CN1CCOC(C#N)C1. The lowest BCUT2D eigenvalue weighted by Crippen LogP contribution is -2.41. The Kier molecular flexibility index (Phi) is 4.51. The van der Waals surface area contributed by atoms with Crippen LogP contribution in [0.25, 0.3) is 0 Å². The van der Waals surface area contributed by atoms with Crippen molar-refractivity contribution in [1.29, 1.82) is 5.26 Å². The Morgan fingerprint density at radius 2 is 2.56 bits per heavy atom. The van der Waals surface area contributed by atoms with Crippen molar-refractivity contribution in [1.82, 2.24) is 9.88 Å². The van der Waals surface area contributed by atoms with Gasteiger partial charge in [0.05, 0.1) is 12.7 Å². The van der Waals surface area contributed by atoms with Gasteiger partial charge in [0.25, 0.3) is 0 Å². The third kappa shape index (κ3) is 3.19. The minimum Gasteiger partial charge on any atom is -0.370 e. The number of hydrogen-bond donors (Lipinski definition) is 1. The van der Waals surface area contributed by atoms with Crippen molar-refractivity contribution in [3.05, 3.63) is 23.9 Å². The zero-order valence-electron chi connectivity index (χ0n) is 10.6. The van der Waals surface area contributed by atoms with Crippen molar-refractivity contribution in [3.63, 3.8) is 0 Å². The van der Waals surface area contributed by atoms with Crippen LogP contribution in [0.5, 0.6) is 0 Å². The molecule has 0 aliphatic carbocycles. The van der Waals surface area contributed by atoms with E-state index >= 15 is 0 Å². The molecule has 5 nitrogen and oxygen atoms in total. The molecule has 1 aliphatic rings. The number of nitriles is 1. The lowest BCUT2D eigenvalue weighted by Gasteiger charge is -2.30. The smallest absolute Gasteiger partial charge is 0.156 e. The lowest BCUT2D eigenvalue weighted by atomic mass is 10.2. The maximum Gasteiger partial charge on any atom is 0.156 e. The highest BCUT2D eigenvalue weighted by molar-refractivity contribution is 5.43. The van der Waals surface area contributed by atoms with Crippen LogP contribution < -0.4 is 5.32 Å². The van der Waals surface area contributed by atoms with Crippen LogP contribution in [0.4, 0.5) is 5.82 Å². The van der Waals surface area contributed by atoms with Gasteiger partial charge in [0.2, 0.25) is 0 Å². The normalized spacial score (nSPS) is 20.3. The summed E-state index contributed by atoms with van der Waals surface area (Å²) in [5.74, 6) is 0.931. The summed E-state index contributed by atoms with van der Waals surface area (Å²) in [7, 11) is 0. The molecule has 0 bridgehead atoms. The number of ether oxygens (including phenoxy) is 1. The summed E-state index contributed by atoms with van der Waals surface area (Å²) in [6.45, 7) is 5.86. The van der Waals surface area contributed by atoms with Gasteiger partial charge >= 0.3 is 0 Å². The Balaban J connectivity index is 2.02. The molecule has 1 aromatic rings. The standard InChI is InChI=1S/C13H18N4O/c1-2-15-13-11(4-3-5-16-13)9-17-6-7-18-12(8-14)10-17/h3-5,12H,2,6-7,9-10H2,1H3,(H,15,16). The fourth-order valence-electron chi connectivity index (χ4n) is 2.06.